The van der Waals surface area contributed by atoms with Crippen LogP contribution in [-0.2, 0) is 6.54 Å². The summed E-state index contributed by atoms with van der Waals surface area (Å²) in [5.74, 6) is 2.22. The van der Waals surface area contributed by atoms with Gasteiger partial charge in [0.1, 0.15) is 0 Å². The van der Waals surface area contributed by atoms with E-state index in [1.54, 1.807) is 0 Å². The molecule has 6 nitrogen and oxygen atoms in total. The number of nitrogens with one attached hydrogen (secondary N) is 2. The number of aliphatic imine (C=N–C) groups is 1. The van der Waals surface area contributed by atoms with Crippen molar-refractivity contribution in [1.29, 1.82) is 0 Å². The van der Waals surface area contributed by atoms with Gasteiger partial charge in [0.05, 0.1) is 12.2 Å². The second-order valence-corrected chi connectivity index (χ2v) is 6.74. The Morgan fingerprint density at radius 3 is 2.52 bits per heavy atom. The number of pyridine rings is 1. The summed E-state index contributed by atoms with van der Waals surface area (Å²) < 4.78 is 1.86. The monoisotopic (exact) mass is 342 g/mol. The van der Waals surface area contributed by atoms with E-state index < -0.39 is 0 Å². The first-order chi connectivity index (χ1) is 11.9. The molecule has 1 atom stereocenters. The number of hydrogen-bond acceptors (Lipinski definition) is 3. The summed E-state index contributed by atoms with van der Waals surface area (Å²) >= 11 is 0. The van der Waals surface area contributed by atoms with E-state index >= 15 is 0 Å². The molecule has 0 saturated heterocycles. The van der Waals surface area contributed by atoms with Crippen LogP contribution >= 0.6 is 0 Å². The van der Waals surface area contributed by atoms with Gasteiger partial charge in [0.2, 0.25) is 0 Å². The molecule has 2 rings (SSSR count). The molecule has 25 heavy (non-hydrogen) atoms. The molecule has 6 heteroatoms. The van der Waals surface area contributed by atoms with Crippen molar-refractivity contribution in [2.75, 3.05) is 6.54 Å². The quantitative estimate of drug-likeness (QED) is 0.625. The van der Waals surface area contributed by atoms with Crippen molar-refractivity contribution < 1.29 is 0 Å². The fourth-order valence-corrected chi connectivity index (χ4v) is 2.37. The Morgan fingerprint density at radius 2 is 2.00 bits per heavy atom. The lowest BCUT2D eigenvalue weighted by molar-refractivity contribution is 0.481. The molecule has 2 heterocycles. The molecular formula is C19H30N6. The van der Waals surface area contributed by atoms with Gasteiger partial charge < -0.3 is 10.6 Å². The summed E-state index contributed by atoms with van der Waals surface area (Å²) in [5.41, 5.74) is 3.14. The second-order valence-electron chi connectivity index (χ2n) is 6.74. The fraction of sp³-hybridized carbons (Fsp3) is 0.526. The van der Waals surface area contributed by atoms with Crippen LogP contribution in [0, 0.1) is 19.8 Å². The third-order valence-corrected chi connectivity index (χ3v) is 4.16. The Hall–Kier alpha value is -2.37. The van der Waals surface area contributed by atoms with E-state index in [2.05, 4.69) is 59.5 Å². The minimum Gasteiger partial charge on any atom is -0.357 e. The highest BCUT2D eigenvalue weighted by Crippen LogP contribution is 2.10. The smallest absolute Gasteiger partial charge is 0.191 e. The zero-order valence-corrected chi connectivity index (χ0v) is 16.2. The van der Waals surface area contributed by atoms with E-state index in [9.17, 15) is 0 Å². The molecule has 0 fully saturated rings. The van der Waals surface area contributed by atoms with E-state index in [4.69, 9.17) is 0 Å². The van der Waals surface area contributed by atoms with Crippen molar-refractivity contribution in [3.63, 3.8) is 0 Å². The van der Waals surface area contributed by atoms with Gasteiger partial charge in [-0.3, -0.25) is 0 Å². The molecule has 0 spiro atoms. The zero-order chi connectivity index (χ0) is 18.4. The summed E-state index contributed by atoms with van der Waals surface area (Å²) in [5, 5.41) is 11.2. The molecule has 0 radical (unpaired) electrons. The van der Waals surface area contributed by atoms with Gasteiger partial charge in [-0.15, -0.1) is 0 Å². The predicted octanol–water partition coefficient (Wildman–Crippen LogP) is 2.98. The Balaban J connectivity index is 2.07. The van der Waals surface area contributed by atoms with Crippen LogP contribution in [0.1, 0.15) is 44.6 Å². The summed E-state index contributed by atoms with van der Waals surface area (Å²) in [6.45, 7) is 14.1. The topological polar surface area (TPSA) is 67.1 Å². The molecule has 0 aliphatic rings. The maximum Gasteiger partial charge on any atom is 0.191 e. The van der Waals surface area contributed by atoms with Crippen LogP contribution in [0.15, 0.2) is 29.4 Å². The fourth-order valence-electron chi connectivity index (χ4n) is 2.37. The molecule has 2 aromatic heterocycles. The first-order valence-corrected chi connectivity index (χ1v) is 8.94. The van der Waals surface area contributed by atoms with Gasteiger partial charge in [-0.1, -0.05) is 19.9 Å². The van der Waals surface area contributed by atoms with E-state index in [1.807, 2.05) is 36.9 Å². The highest BCUT2D eigenvalue weighted by molar-refractivity contribution is 5.80. The first-order valence-electron chi connectivity index (χ1n) is 8.94. The van der Waals surface area contributed by atoms with Gasteiger partial charge in [0, 0.05) is 24.5 Å². The largest absolute Gasteiger partial charge is 0.357 e. The lowest BCUT2D eigenvalue weighted by atomic mass is 10.1. The van der Waals surface area contributed by atoms with Gasteiger partial charge in [-0.25, -0.2) is 14.7 Å². The van der Waals surface area contributed by atoms with E-state index in [1.165, 1.54) is 0 Å². The van der Waals surface area contributed by atoms with Crippen molar-refractivity contribution >= 4 is 5.96 Å². The third kappa shape index (κ3) is 5.31. The molecule has 1 unspecified atom stereocenters. The average molecular weight is 342 g/mol. The van der Waals surface area contributed by atoms with E-state index in [0.29, 0.717) is 18.5 Å². The Kier molecular flexibility index (Phi) is 6.56. The molecule has 136 valence electrons. The van der Waals surface area contributed by atoms with Gasteiger partial charge in [0.15, 0.2) is 11.8 Å². The second kappa shape index (κ2) is 8.65. The Labute approximate surface area is 150 Å². The standard InChI is InChI=1S/C19H30N6/c1-7-20-19(23-16(6)13(2)3)22-12-17-8-9-18(21-11-17)25-15(5)10-14(4)24-25/h8-11,13,16H,7,12H2,1-6H3,(H2,20,22,23). The minimum atomic E-state index is 0.365. The van der Waals surface area contributed by atoms with Gasteiger partial charge >= 0.3 is 0 Å². The van der Waals surface area contributed by atoms with Crippen LogP contribution in [0.2, 0.25) is 0 Å². The molecular weight excluding hydrogens is 312 g/mol. The van der Waals surface area contributed by atoms with E-state index in [-0.39, 0.29) is 0 Å². The van der Waals surface area contributed by atoms with Crippen LogP contribution in [0.3, 0.4) is 0 Å². The molecule has 0 amide bonds. The normalized spacial score (nSPS) is 13.2. The SMILES string of the molecule is CCNC(=NCc1ccc(-n2nc(C)cc2C)nc1)NC(C)C(C)C. The highest BCUT2D eigenvalue weighted by Gasteiger charge is 2.09. The summed E-state index contributed by atoms with van der Waals surface area (Å²) in [6.07, 6.45) is 1.87. The Bertz CT molecular complexity index is 699. The van der Waals surface area contributed by atoms with E-state index in [0.717, 1.165) is 35.3 Å². The number of hydrogen-bond donors (Lipinski definition) is 2. The number of guanidine groups is 1. The number of aromatic nitrogens is 3. The average Bonchev–Trinajstić information content (AvgIpc) is 2.91. The first kappa shape index (κ1) is 19.0. The number of rotatable bonds is 6. The minimum absolute atomic E-state index is 0.365. The molecule has 0 aliphatic heterocycles. The van der Waals surface area contributed by atoms with Crippen LogP contribution in [0.25, 0.3) is 5.82 Å². The van der Waals surface area contributed by atoms with Crippen LogP contribution in [0.4, 0.5) is 0 Å². The van der Waals surface area contributed by atoms with Crippen LogP contribution in [0.5, 0.6) is 0 Å². The molecule has 2 N–H and O–H groups in total. The molecule has 0 aliphatic carbocycles. The van der Waals surface area contributed by atoms with Crippen molar-refractivity contribution in [2.45, 2.75) is 54.1 Å². The molecule has 2 aromatic rings. The third-order valence-electron chi connectivity index (χ3n) is 4.16. The van der Waals surface area contributed by atoms with Crippen molar-refractivity contribution in [2.24, 2.45) is 10.9 Å². The van der Waals surface area contributed by atoms with Gasteiger partial charge in [-0.2, -0.15) is 5.10 Å². The maximum absolute atomic E-state index is 4.66. The number of aryl methyl sites for hydroxylation is 2. The summed E-state index contributed by atoms with van der Waals surface area (Å²) in [7, 11) is 0. The molecule has 0 bridgehead atoms. The van der Waals surface area contributed by atoms with Crippen LogP contribution < -0.4 is 10.6 Å². The van der Waals surface area contributed by atoms with Crippen LogP contribution in [-0.4, -0.2) is 33.3 Å². The maximum atomic E-state index is 4.66. The molecule has 0 saturated carbocycles. The van der Waals surface area contributed by atoms with Gasteiger partial charge in [-0.05, 0) is 51.3 Å². The Morgan fingerprint density at radius 1 is 1.24 bits per heavy atom. The predicted molar refractivity (Wildman–Crippen MR) is 103 cm³/mol. The van der Waals surface area contributed by atoms with Crippen molar-refractivity contribution in [1.82, 2.24) is 25.4 Å². The zero-order valence-electron chi connectivity index (χ0n) is 16.2. The lowest BCUT2D eigenvalue weighted by Gasteiger charge is -2.20. The highest BCUT2D eigenvalue weighted by atomic mass is 15.3. The van der Waals surface area contributed by atoms with Crippen molar-refractivity contribution in [3.05, 3.63) is 41.3 Å². The number of nitrogens with zero attached hydrogens (tertiary/aromatic N) is 4. The van der Waals surface area contributed by atoms with Crippen molar-refractivity contribution in [3.8, 4) is 5.82 Å². The summed E-state index contributed by atoms with van der Waals surface area (Å²) in [6, 6.07) is 6.45. The van der Waals surface area contributed by atoms with Gasteiger partial charge in [0.25, 0.3) is 0 Å². The summed E-state index contributed by atoms with van der Waals surface area (Å²) in [4.78, 5) is 9.19. The molecule has 0 aromatic carbocycles. The lowest BCUT2D eigenvalue weighted by Crippen LogP contribution is -2.44.